The maximum absolute atomic E-state index is 13.1. The maximum atomic E-state index is 13.1. The number of hydrogen-bond donors (Lipinski definition) is 0. The van der Waals surface area contributed by atoms with Gasteiger partial charge in [-0.25, -0.2) is 0 Å². The number of rotatable bonds is 7. The fourth-order valence-corrected chi connectivity index (χ4v) is 4.43. The van der Waals surface area contributed by atoms with Crippen molar-refractivity contribution in [1.82, 2.24) is 19.7 Å². The minimum absolute atomic E-state index is 0.0653. The lowest BCUT2D eigenvalue weighted by Gasteiger charge is -2.27. The van der Waals surface area contributed by atoms with Gasteiger partial charge in [-0.1, -0.05) is 17.8 Å². The van der Waals surface area contributed by atoms with Crippen molar-refractivity contribution in [1.29, 1.82) is 0 Å². The molecule has 3 heterocycles. The summed E-state index contributed by atoms with van der Waals surface area (Å²) in [6.45, 7) is 3.48. The smallest absolute Gasteiger partial charge is 0.237 e. The average molecular weight is 418 g/mol. The molecule has 2 aliphatic rings. The molecule has 0 spiro atoms. The molecule has 0 N–H and O–H groups in total. The third-order valence-electron chi connectivity index (χ3n) is 5.24. The third-order valence-corrected chi connectivity index (χ3v) is 6.24. The molecule has 0 aromatic carbocycles. The van der Waals surface area contributed by atoms with E-state index in [0.717, 1.165) is 54.9 Å². The fraction of sp³-hybridized carbons (Fsp3) is 0.550. The molecule has 1 aliphatic carbocycles. The fourth-order valence-electron chi connectivity index (χ4n) is 3.65. The Balaban J connectivity index is 1.42. The van der Waals surface area contributed by atoms with Gasteiger partial charge in [0.05, 0.1) is 31.8 Å². The number of amides is 1. The predicted molar refractivity (Wildman–Crippen MR) is 111 cm³/mol. The van der Waals surface area contributed by atoms with Gasteiger partial charge in [-0.2, -0.15) is 0 Å². The second-order valence-corrected chi connectivity index (χ2v) is 8.17. The molecular weight excluding hydrogens is 390 g/mol. The van der Waals surface area contributed by atoms with Crippen LogP contribution in [-0.2, 0) is 23.1 Å². The summed E-state index contributed by atoms with van der Waals surface area (Å²) in [6.07, 6.45) is 8.10. The van der Waals surface area contributed by atoms with Crippen molar-refractivity contribution in [3.05, 3.63) is 35.9 Å². The van der Waals surface area contributed by atoms with E-state index in [1.165, 1.54) is 18.2 Å². The van der Waals surface area contributed by atoms with E-state index in [2.05, 4.69) is 21.2 Å². The second-order valence-electron chi connectivity index (χ2n) is 7.23. The van der Waals surface area contributed by atoms with E-state index in [4.69, 9.17) is 9.15 Å². The van der Waals surface area contributed by atoms with Gasteiger partial charge in [-0.3, -0.25) is 9.36 Å². The molecule has 0 radical (unpaired) electrons. The lowest BCUT2D eigenvalue weighted by atomic mass is 10.0. The number of nitrogens with zero attached hydrogens (tertiary/aromatic N) is 5. The lowest BCUT2D eigenvalue weighted by molar-refractivity contribution is -0.127. The summed E-state index contributed by atoms with van der Waals surface area (Å²) in [4.78, 5) is 17.1. The lowest BCUT2D eigenvalue weighted by Crippen LogP contribution is -2.37. The molecule has 0 unspecified atom stereocenters. The zero-order chi connectivity index (χ0) is 20.1. The summed E-state index contributed by atoms with van der Waals surface area (Å²) in [5.74, 6) is 2.00. The summed E-state index contributed by atoms with van der Waals surface area (Å²) in [7, 11) is 1.95. The van der Waals surface area contributed by atoms with Crippen molar-refractivity contribution in [3.63, 3.8) is 0 Å². The summed E-state index contributed by atoms with van der Waals surface area (Å²) in [5.41, 5.74) is 1.10. The monoisotopic (exact) mass is 417 g/mol. The number of allylic oxidation sites excluding steroid dienone is 2. The molecule has 4 rings (SSSR count). The van der Waals surface area contributed by atoms with Crippen LogP contribution >= 0.6 is 11.8 Å². The molecular formula is C20H27N5O3S. The largest absolute Gasteiger partial charge is 0.467 e. The number of hydrogen-bond acceptors (Lipinski definition) is 7. The van der Waals surface area contributed by atoms with Crippen molar-refractivity contribution < 1.29 is 13.9 Å². The van der Waals surface area contributed by atoms with Crippen LogP contribution in [0.1, 0.15) is 31.4 Å². The molecule has 1 fully saturated rings. The van der Waals surface area contributed by atoms with E-state index in [-0.39, 0.29) is 5.91 Å². The van der Waals surface area contributed by atoms with Crippen LogP contribution in [0, 0.1) is 0 Å². The standard InChI is InChI=1S/C20H27N5O3S/c1-23-19(24-9-12-27-13-10-24)21-22-20(23)29-15-18(26)25(14-17-8-5-11-28-17)16-6-3-2-4-7-16/h5-6,8,11H,2-4,7,9-10,12-15H2,1H3. The van der Waals surface area contributed by atoms with Crippen molar-refractivity contribution in [2.75, 3.05) is 37.0 Å². The predicted octanol–water partition coefficient (Wildman–Crippen LogP) is 2.82. The Bertz CT molecular complexity index is 842. The molecule has 29 heavy (non-hydrogen) atoms. The van der Waals surface area contributed by atoms with Crippen molar-refractivity contribution in [3.8, 4) is 0 Å². The van der Waals surface area contributed by atoms with Crippen LogP contribution in [0.3, 0.4) is 0 Å². The Labute approximate surface area is 174 Å². The second kappa shape index (κ2) is 9.49. The molecule has 0 saturated carbocycles. The highest BCUT2D eigenvalue weighted by Gasteiger charge is 2.23. The Hall–Kier alpha value is -2.26. The van der Waals surface area contributed by atoms with E-state index in [0.29, 0.717) is 25.5 Å². The highest BCUT2D eigenvalue weighted by molar-refractivity contribution is 7.99. The van der Waals surface area contributed by atoms with Gasteiger partial charge >= 0.3 is 0 Å². The van der Waals surface area contributed by atoms with Crippen LogP contribution in [0.5, 0.6) is 0 Å². The number of morpholine rings is 1. The van der Waals surface area contributed by atoms with Gasteiger partial charge < -0.3 is 19.0 Å². The Morgan fingerprint density at radius 2 is 2.14 bits per heavy atom. The number of ether oxygens (including phenoxy) is 1. The number of anilines is 1. The topological polar surface area (TPSA) is 76.6 Å². The van der Waals surface area contributed by atoms with Crippen LogP contribution < -0.4 is 4.90 Å². The Kier molecular flexibility index (Phi) is 6.56. The van der Waals surface area contributed by atoms with Gasteiger partial charge in [0, 0.05) is 25.8 Å². The molecule has 8 nitrogen and oxygen atoms in total. The van der Waals surface area contributed by atoms with Crippen LogP contribution in [-0.4, -0.2) is 57.6 Å². The molecule has 156 valence electrons. The first-order valence-electron chi connectivity index (χ1n) is 10.1. The van der Waals surface area contributed by atoms with E-state index >= 15 is 0 Å². The summed E-state index contributed by atoms with van der Waals surface area (Å²) in [6, 6.07) is 3.77. The van der Waals surface area contributed by atoms with Crippen LogP contribution in [0.25, 0.3) is 0 Å². The minimum Gasteiger partial charge on any atom is -0.467 e. The van der Waals surface area contributed by atoms with Gasteiger partial charge in [0.2, 0.25) is 11.9 Å². The molecule has 9 heteroatoms. The van der Waals surface area contributed by atoms with Crippen LogP contribution in [0.15, 0.2) is 39.7 Å². The molecule has 1 amide bonds. The van der Waals surface area contributed by atoms with Gasteiger partial charge in [-0.15, -0.1) is 10.2 Å². The van der Waals surface area contributed by atoms with Crippen molar-refractivity contribution >= 4 is 23.6 Å². The Morgan fingerprint density at radius 1 is 1.28 bits per heavy atom. The summed E-state index contributed by atoms with van der Waals surface area (Å²) in [5, 5.41) is 9.37. The highest BCUT2D eigenvalue weighted by Crippen LogP contribution is 2.26. The zero-order valence-corrected chi connectivity index (χ0v) is 17.6. The number of thioether (sulfide) groups is 1. The van der Waals surface area contributed by atoms with E-state index in [1.807, 2.05) is 28.6 Å². The van der Waals surface area contributed by atoms with Crippen LogP contribution in [0.4, 0.5) is 5.95 Å². The van der Waals surface area contributed by atoms with Gasteiger partial charge in [0.1, 0.15) is 5.76 Å². The number of furan rings is 1. The first-order chi connectivity index (χ1) is 14.2. The quantitative estimate of drug-likeness (QED) is 0.641. The number of carbonyl (C=O) groups excluding carboxylic acids is 1. The maximum Gasteiger partial charge on any atom is 0.237 e. The van der Waals surface area contributed by atoms with Crippen molar-refractivity contribution in [2.45, 2.75) is 37.4 Å². The highest BCUT2D eigenvalue weighted by atomic mass is 32.2. The molecule has 1 aliphatic heterocycles. The van der Waals surface area contributed by atoms with Crippen molar-refractivity contribution in [2.24, 2.45) is 7.05 Å². The third kappa shape index (κ3) is 4.84. The normalized spacial score (nSPS) is 17.3. The van der Waals surface area contributed by atoms with E-state index < -0.39 is 0 Å². The average Bonchev–Trinajstić information content (AvgIpc) is 3.41. The van der Waals surface area contributed by atoms with Crippen LogP contribution in [0.2, 0.25) is 0 Å². The first kappa shape index (κ1) is 20.0. The number of carbonyl (C=O) groups is 1. The Morgan fingerprint density at radius 3 is 2.86 bits per heavy atom. The zero-order valence-electron chi connectivity index (χ0n) is 16.7. The summed E-state index contributed by atoms with van der Waals surface area (Å²) < 4.78 is 12.9. The minimum atomic E-state index is 0.0653. The summed E-state index contributed by atoms with van der Waals surface area (Å²) >= 11 is 1.43. The van der Waals surface area contributed by atoms with Gasteiger partial charge in [-0.05, 0) is 37.8 Å². The molecule has 2 aromatic rings. The molecule has 2 aromatic heterocycles. The van der Waals surface area contributed by atoms with Gasteiger partial charge in [0.25, 0.3) is 0 Å². The molecule has 0 bridgehead atoms. The molecule has 0 atom stereocenters. The van der Waals surface area contributed by atoms with Gasteiger partial charge in [0.15, 0.2) is 5.16 Å². The SMILES string of the molecule is Cn1c(SCC(=O)N(Cc2ccco2)C2=CCCCC2)nnc1N1CCOCC1. The number of aromatic nitrogens is 3. The first-order valence-corrected chi connectivity index (χ1v) is 11.1. The van der Waals surface area contributed by atoms with E-state index in [9.17, 15) is 4.79 Å². The van der Waals surface area contributed by atoms with E-state index in [1.54, 1.807) is 6.26 Å². The molecule has 1 saturated heterocycles.